The highest BCUT2D eigenvalue weighted by Gasteiger charge is 2.16. The molecule has 8 heteroatoms. The monoisotopic (exact) mass is 374 g/mol. The number of nitrogens with one attached hydrogen (secondary N) is 1. The molecule has 0 fully saturated rings. The summed E-state index contributed by atoms with van der Waals surface area (Å²) >= 11 is 16.1. The summed E-state index contributed by atoms with van der Waals surface area (Å²) in [5.41, 5.74) is 1.27. The van der Waals surface area contributed by atoms with Crippen LogP contribution in [-0.2, 0) is 0 Å². The highest BCUT2D eigenvalue weighted by Crippen LogP contribution is 2.34. The van der Waals surface area contributed by atoms with Gasteiger partial charge in [0.1, 0.15) is 4.34 Å². The van der Waals surface area contributed by atoms with Gasteiger partial charge in [0.25, 0.3) is 5.91 Å². The summed E-state index contributed by atoms with van der Waals surface area (Å²) in [5.74, 6) is -0.298. The van der Waals surface area contributed by atoms with E-state index in [0.717, 1.165) is 15.1 Å². The summed E-state index contributed by atoms with van der Waals surface area (Å²) in [6.45, 7) is 0. The molecule has 0 radical (unpaired) electrons. The fraction of sp³-hybridized carbons (Fsp3) is 0.0769. The first kappa shape index (κ1) is 15.1. The molecule has 3 rings (SSSR count). The number of anilines is 1. The molecule has 0 aliphatic heterocycles. The third-order valence-corrected chi connectivity index (χ3v) is 5.92. The van der Waals surface area contributed by atoms with Crippen molar-refractivity contribution in [1.29, 1.82) is 0 Å². The van der Waals surface area contributed by atoms with Crippen molar-refractivity contribution in [3.8, 4) is 0 Å². The van der Waals surface area contributed by atoms with Gasteiger partial charge in [-0.15, -0.1) is 23.1 Å². The maximum atomic E-state index is 12.2. The smallest absolute Gasteiger partial charge is 0.259 e. The number of hydrogen-bond donors (Lipinski definition) is 1. The maximum absolute atomic E-state index is 12.2. The van der Waals surface area contributed by atoms with Crippen LogP contribution in [0.2, 0.25) is 8.67 Å². The number of amides is 1. The van der Waals surface area contributed by atoms with Crippen LogP contribution in [0.15, 0.2) is 29.2 Å². The maximum Gasteiger partial charge on any atom is 0.259 e. The molecule has 0 spiro atoms. The minimum Gasteiger partial charge on any atom is -0.298 e. The predicted octanol–water partition coefficient (Wildman–Crippen LogP) is 5.64. The Bertz CT molecular complexity index is 828. The molecule has 2 heterocycles. The van der Waals surface area contributed by atoms with Crippen molar-refractivity contribution in [3.05, 3.63) is 38.5 Å². The molecule has 0 unspecified atom stereocenters. The first-order valence-electron chi connectivity index (χ1n) is 5.78. The Kier molecular flexibility index (Phi) is 4.42. The van der Waals surface area contributed by atoms with Gasteiger partial charge in [-0.2, -0.15) is 0 Å². The molecule has 21 heavy (non-hydrogen) atoms. The number of nitrogens with zero attached hydrogens (tertiary/aromatic N) is 1. The molecule has 0 bridgehead atoms. The lowest BCUT2D eigenvalue weighted by Gasteiger charge is -1.99. The predicted molar refractivity (Wildman–Crippen MR) is 93.7 cm³/mol. The second-order valence-corrected chi connectivity index (χ2v) is 8.18. The van der Waals surface area contributed by atoms with Crippen molar-refractivity contribution in [2.24, 2.45) is 0 Å². The number of hydrogen-bond acceptors (Lipinski definition) is 5. The van der Waals surface area contributed by atoms with E-state index in [1.54, 1.807) is 17.8 Å². The number of fused-ring (bicyclic) bond motifs is 1. The van der Waals surface area contributed by atoms with E-state index in [1.807, 2.05) is 24.5 Å². The fourth-order valence-corrected chi connectivity index (χ4v) is 4.78. The Balaban J connectivity index is 1.91. The van der Waals surface area contributed by atoms with E-state index in [-0.39, 0.29) is 5.91 Å². The van der Waals surface area contributed by atoms with Gasteiger partial charge in [0, 0.05) is 4.90 Å². The van der Waals surface area contributed by atoms with Crippen LogP contribution < -0.4 is 5.32 Å². The number of benzene rings is 1. The van der Waals surface area contributed by atoms with Crippen LogP contribution in [0.4, 0.5) is 5.13 Å². The topological polar surface area (TPSA) is 42.0 Å². The summed E-state index contributed by atoms with van der Waals surface area (Å²) in [6, 6.07) is 7.53. The van der Waals surface area contributed by atoms with E-state index < -0.39 is 0 Å². The lowest BCUT2D eigenvalue weighted by atomic mass is 10.3. The number of para-hydroxylation sites is 1. The van der Waals surface area contributed by atoms with Gasteiger partial charge in [-0.25, -0.2) is 4.98 Å². The van der Waals surface area contributed by atoms with Crippen molar-refractivity contribution >= 4 is 78.9 Å². The number of rotatable bonds is 3. The number of thiophene rings is 1. The van der Waals surface area contributed by atoms with Gasteiger partial charge in [0.2, 0.25) is 0 Å². The van der Waals surface area contributed by atoms with Gasteiger partial charge < -0.3 is 0 Å². The zero-order chi connectivity index (χ0) is 15.0. The van der Waals surface area contributed by atoms with E-state index >= 15 is 0 Å². The summed E-state index contributed by atoms with van der Waals surface area (Å²) in [5, 5.41) is 3.33. The highest BCUT2D eigenvalue weighted by atomic mass is 35.5. The van der Waals surface area contributed by atoms with Gasteiger partial charge >= 0.3 is 0 Å². The minimum absolute atomic E-state index is 0.298. The van der Waals surface area contributed by atoms with E-state index in [2.05, 4.69) is 10.3 Å². The van der Waals surface area contributed by atoms with Gasteiger partial charge in [0.15, 0.2) is 5.13 Å². The van der Waals surface area contributed by atoms with E-state index in [9.17, 15) is 4.79 Å². The van der Waals surface area contributed by atoms with Crippen LogP contribution in [0.3, 0.4) is 0 Å². The molecule has 3 nitrogen and oxygen atoms in total. The lowest BCUT2D eigenvalue weighted by molar-refractivity contribution is 0.102. The zero-order valence-corrected chi connectivity index (χ0v) is 14.6. The Morgan fingerprint density at radius 1 is 1.33 bits per heavy atom. The molecular weight excluding hydrogens is 367 g/mol. The summed E-state index contributed by atoms with van der Waals surface area (Å²) in [7, 11) is 0. The van der Waals surface area contributed by atoms with E-state index in [1.165, 1.54) is 22.7 Å². The summed E-state index contributed by atoms with van der Waals surface area (Å²) in [4.78, 5) is 17.8. The van der Waals surface area contributed by atoms with Crippen LogP contribution in [0, 0.1) is 0 Å². The van der Waals surface area contributed by atoms with Gasteiger partial charge in [-0.1, -0.05) is 40.6 Å². The average Bonchev–Trinajstić information content (AvgIpc) is 3.00. The van der Waals surface area contributed by atoms with Crippen molar-refractivity contribution in [1.82, 2.24) is 4.98 Å². The van der Waals surface area contributed by atoms with Crippen molar-refractivity contribution in [3.63, 3.8) is 0 Å². The number of halogens is 2. The van der Waals surface area contributed by atoms with Crippen LogP contribution in [0.1, 0.15) is 10.4 Å². The molecular formula is C13H8Cl2N2OS3. The number of thiazole rings is 1. The van der Waals surface area contributed by atoms with Crippen LogP contribution in [0.25, 0.3) is 10.2 Å². The number of carbonyl (C=O) groups is 1. The van der Waals surface area contributed by atoms with E-state index in [4.69, 9.17) is 23.2 Å². The second kappa shape index (κ2) is 6.14. The quantitative estimate of drug-likeness (QED) is 0.603. The Hall–Kier alpha value is -0.790. The third-order valence-electron chi connectivity index (χ3n) is 2.72. The number of aromatic nitrogens is 1. The molecule has 1 N–H and O–H groups in total. The normalized spacial score (nSPS) is 11.0. The van der Waals surface area contributed by atoms with Crippen molar-refractivity contribution < 1.29 is 4.79 Å². The van der Waals surface area contributed by atoms with Crippen molar-refractivity contribution in [2.75, 3.05) is 11.6 Å². The van der Waals surface area contributed by atoms with Gasteiger partial charge in [-0.05, 0) is 24.5 Å². The number of thioether (sulfide) groups is 1. The molecule has 3 aromatic rings. The lowest BCUT2D eigenvalue weighted by Crippen LogP contribution is -2.10. The standard InChI is InChI=1S/C13H8Cl2N2OS3/c1-19-7-3-2-4-8-10(7)16-13(20-8)17-12(18)6-5-9(14)21-11(6)15/h2-5H,1H3,(H,16,17,18). The van der Waals surface area contributed by atoms with Gasteiger partial charge in [-0.3, -0.25) is 10.1 Å². The summed E-state index contributed by atoms with van der Waals surface area (Å²) < 4.78 is 1.90. The molecule has 0 atom stereocenters. The Morgan fingerprint density at radius 3 is 2.81 bits per heavy atom. The summed E-state index contributed by atoms with van der Waals surface area (Å²) in [6.07, 6.45) is 2.00. The third kappa shape index (κ3) is 3.05. The molecule has 0 aliphatic carbocycles. The van der Waals surface area contributed by atoms with Crippen molar-refractivity contribution in [2.45, 2.75) is 4.90 Å². The van der Waals surface area contributed by atoms with Crippen LogP contribution in [-0.4, -0.2) is 17.1 Å². The number of carbonyl (C=O) groups excluding carboxylic acids is 1. The first-order valence-corrected chi connectivity index (χ1v) is 9.39. The zero-order valence-electron chi connectivity index (χ0n) is 10.6. The molecule has 2 aromatic heterocycles. The Labute approximate surface area is 143 Å². The van der Waals surface area contributed by atoms with Gasteiger partial charge in [0.05, 0.1) is 20.1 Å². The molecule has 0 aliphatic rings. The van der Waals surface area contributed by atoms with E-state index in [0.29, 0.717) is 19.4 Å². The SMILES string of the molecule is CSc1cccc2sc(NC(=O)c3cc(Cl)sc3Cl)nc12. The fourth-order valence-electron chi connectivity index (χ4n) is 1.80. The largest absolute Gasteiger partial charge is 0.298 e. The minimum atomic E-state index is -0.298. The Morgan fingerprint density at radius 2 is 2.14 bits per heavy atom. The molecule has 1 amide bonds. The van der Waals surface area contributed by atoms with Crippen LogP contribution >= 0.6 is 57.6 Å². The first-order chi connectivity index (χ1) is 10.1. The molecule has 0 saturated carbocycles. The molecule has 108 valence electrons. The molecule has 1 aromatic carbocycles. The molecule has 0 saturated heterocycles. The average molecular weight is 375 g/mol. The van der Waals surface area contributed by atoms with Crippen LogP contribution in [0.5, 0.6) is 0 Å². The second-order valence-electron chi connectivity index (χ2n) is 4.02. The highest BCUT2D eigenvalue weighted by molar-refractivity contribution is 7.98.